The zero-order valence-corrected chi connectivity index (χ0v) is 18.8. The van der Waals surface area contributed by atoms with Gasteiger partial charge in [0.05, 0.1) is 37.0 Å². The molecule has 35 heavy (non-hydrogen) atoms. The number of aliphatic imine (C=N–C) groups is 1. The first-order valence-electron chi connectivity index (χ1n) is 11.8. The van der Waals surface area contributed by atoms with Crippen LogP contribution in [0.3, 0.4) is 0 Å². The molecule has 6 rings (SSSR count). The fourth-order valence-electron chi connectivity index (χ4n) is 5.87. The van der Waals surface area contributed by atoms with Crippen LogP contribution in [-0.2, 0) is 17.3 Å². The number of aromatic amines is 2. The van der Waals surface area contributed by atoms with E-state index in [-0.39, 0.29) is 23.0 Å². The van der Waals surface area contributed by atoms with Gasteiger partial charge in [-0.1, -0.05) is 11.1 Å². The van der Waals surface area contributed by atoms with Crippen molar-refractivity contribution in [2.75, 3.05) is 26.3 Å². The van der Waals surface area contributed by atoms with Gasteiger partial charge in [-0.15, -0.1) is 4.99 Å². The van der Waals surface area contributed by atoms with Crippen molar-refractivity contribution in [3.8, 4) is 6.07 Å². The molecule has 0 bridgehead atoms. The normalized spacial score (nSPS) is 26.8. The van der Waals surface area contributed by atoms with E-state index < -0.39 is 11.9 Å². The van der Waals surface area contributed by atoms with Gasteiger partial charge in [-0.05, 0) is 42.2 Å². The second-order valence-electron chi connectivity index (χ2n) is 9.64. The summed E-state index contributed by atoms with van der Waals surface area (Å²) in [5.41, 5.74) is 2.15. The third-order valence-electron chi connectivity index (χ3n) is 7.61. The molecular formula is C25H24F3N6O+. The van der Waals surface area contributed by atoms with Gasteiger partial charge in [-0.25, -0.2) is 4.98 Å². The molecule has 2 aromatic heterocycles. The average molecular weight is 482 g/mol. The number of benzene rings is 1. The molecule has 2 fully saturated rings. The highest BCUT2D eigenvalue weighted by atomic mass is 19.4. The van der Waals surface area contributed by atoms with Gasteiger partial charge in [0, 0.05) is 31.0 Å². The first-order valence-corrected chi connectivity index (χ1v) is 11.8. The van der Waals surface area contributed by atoms with Crippen molar-refractivity contribution in [1.29, 1.82) is 5.26 Å². The lowest BCUT2D eigenvalue weighted by atomic mass is 9.78. The highest BCUT2D eigenvalue weighted by Crippen LogP contribution is 2.40. The van der Waals surface area contributed by atoms with Gasteiger partial charge in [0.25, 0.3) is 5.82 Å². The summed E-state index contributed by atoms with van der Waals surface area (Å²) in [5.74, 6) is 1.37. The number of hydrogen-bond acceptors (Lipinski definition) is 5. The Bertz CT molecular complexity index is 1330. The first kappa shape index (κ1) is 22.2. The lowest BCUT2D eigenvalue weighted by molar-refractivity contribution is -0.365. The predicted octanol–water partition coefficient (Wildman–Crippen LogP) is 3.65. The number of likely N-dealkylation sites (tertiary alicyclic amines) is 1. The Balaban J connectivity index is 1.37. The van der Waals surface area contributed by atoms with Crippen molar-refractivity contribution < 1.29 is 22.9 Å². The zero-order valence-electron chi connectivity index (χ0n) is 18.8. The third kappa shape index (κ3) is 3.98. The van der Waals surface area contributed by atoms with Crippen molar-refractivity contribution in [1.82, 2.24) is 14.9 Å². The van der Waals surface area contributed by atoms with Crippen LogP contribution in [0.4, 0.5) is 19.0 Å². The molecule has 3 aliphatic rings. The molecule has 10 heteroatoms. The molecule has 0 spiro atoms. The molecule has 7 nitrogen and oxygen atoms in total. The van der Waals surface area contributed by atoms with E-state index in [0.717, 1.165) is 56.3 Å². The number of aromatic nitrogens is 3. The van der Waals surface area contributed by atoms with Crippen LogP contribution in [0.25, 0.3) is 11.0 Å². The van der Waals surface area contributed by atoms with Crippen LogP contribution in [0.15, 0.2) is 35.6 Å². The summed E-state index contributed by atoms with van der Waals surface area (Å²) in [6.07, 6.45) is 0.506. The molecule has 0 radical (unpaired) electrons. The molecular weight excluding hydrogens is 457 g/mol. The average Bonchev–Trinajstić information content (AvgIpc) is 3.56. The number of nitrogens with one attached hydrogen (secondary N) is 2. The summed E-state index contributed by atoms with van der Waals surface area (Å²) >= 11 is 0. The number of H-pyrrole nitrogens is 2. The minimum absolute atomic E-state index is 0.0520. The molecule has 4 heterocycles. The molecule has 180 valence electrons. The van der Waals surface area contributed by atoms with Gasteiger partial charge in [-0.2, -0.15) is 18.4 Å². The Morgan fingerprint density at radius 1 is 1.23 bits per heavy atom. The standard InChI is InChI=1S/C25H23F3N6O/c26-25(27,28)22-6-19-23(31-13-32-24(19)33-22)30-8-20-18-3-1-14(7-29)5-15(18)2-4-21(20)34-9-16-11-35-12-17(16)10-34/h1,3,5-6,8,13,16-17,20-21H,2,4,9-12H2,(H,31,32,33)/p+1/b30-8+/t16-,17+,20?,21-/m0/s1. The first-order chi connectivity index (χ1) is 16.9. The number of alkyl halides is 3. The largest absolute Gasteiger partial charge is 0.431 e. The molecule has 1 aromatic carbocycles. The van der Waals surface area contributed by atoms with E-state index in [0.29, 0.717) is 23.2 Å². The zero-order chi connectivity index (χ0) is 24.2. The Kier molecular flexibility index (Phi) is 5.34. The Morgan fingerprint density at radius 2 is 2.03 bits per heavy atom. The van der Waals surface area contributed by atoms with Crippen LogP contribution in [0.2, 0.25) is 0 Å². The van der Waals surface area contributed by atoms with Gasteiger partial charge in [0.15, 0.2) is 0 Å². The monoisotopic (exact) mass is 481 g/mol. The Labute approximate surface area is 199 Å². The second kappa shape index (κ2) is 8.43. The molecule has 0 saturated carbocycles. The summed E-state index contributed by atoms with van der Waals surface area (Å²) in [6, 6.07) is 9.24. The van der Waals surface area contributed by atoms with Crippen LogP contribution in [0, 0.1) is 23.2 Å². The minimum Gasteiger partial charge on any atom is -0.381 e. The van der Waals surface area contributed by atoms with Crippen molar-refractivity contribution in [3.63, 3.8) is 0 Å². The van der Waals surface area contributed by atoms with E-state index in [9.17, 15) is 18.4 Å². The van der Waals surface area contributed by atoms with Gasteiger partial charge in [0.2, 0.25) is 12.0 Å². The fraction of sp³-hybridized carbons (Fsp3) is 0.440. The lowest BCUT2D eigenvalue weighted by Gasteiger charge is -2.37. The molecule has 1 aliphatic carbocycles. The Hall–Kier alpha value is -3.29. The number of nitrogens with zero attached hydrogens (tertiary/aromatic N) is 4. The Morgan fingerprint density at radius 3 is 2.77 bits per heavy atom. The summed E-state index contributed by atoms with van der Waals surface area (Å²) in [7, 11) is 0. The topological polar surface area (TPSA) is 91.4 Å². The number of hydrogen-bond donors (Lipinski definition) is 1. The number of aryl methyl sites for hydroxylation is 1. The lowest BCUT2D eigenvalue weighted by Crippen LogP contribution is -2.42. The summed E-state index contributed by atoms with van der Waals surface area (Å²) in [5, 5.41) is 9.63. The van der Waals surface area contributed by atoms with Crippen LogP contribution in [-0.4, -0.2) is 53.4 Å². The van der Waals surface area contributed by atoms with E-state index in [1.165, 1.54) is 6.33 Å². The molecule has 3 aromatic rings. The fourth-order valence-corrected chi connectivity index (χ4v) is 5.87. The van der Waals surface area contributed by atoms with Crippen LogP contribution < -0.4 is 4.98 Å². The predicted molar refractivity (Wildman–Crippen MR) is 121 cm³/mol. The van der Waals surface area contributed by atoms with Crippen molar-refractivity contribution in [3.05, 3.63) is 53.0 Å². The number of nitriles is 1. The van der Waals surface area contributed by atoms with E-state index in [1.807, 2.05) is 24.4 Å². The third-order valence-corrected chi connectivity index (χ3v) is 7.61. The van der Waals surface area contributed by atoms with Gasteiger partial charge in [0.1, 0.15) is 11.1 Å². The number of halogens is 3. The van der Waals surface area contributed by atoms with E-state index in [4.69, 9.17) is 4.74 Å². The van der Waals surface area contributed by atoms with E-state index in [1.54, 1.807) is 0 Å². The molecule has 4 atom stereocenters. The molecule has 2 N–H and O–H groups in total. The second-order valence-corrected chi connectivity index (χ2v) is 9.64. The number of rotatable bonds is 3. The maximum atomic E-state index is 13.2. The maximum Gasteiger partial charge on any atom is 0.431 e. The highest BCUT2D eigenvalue weighted by Gasteiger charge is 2.43. The van der Waals surface area contributed by atoms with Crippen LogP contribution in [0.1, 0.15) is 34.7 Å². The highest BCUT2D eigenvalue weighted by molar-refractivity contribution is 5.87. The van der Waals surface area contributed by atoms with Crippen LogP contribution in [0.5, 0.6) is 0 Å². The van der Waals surface area contributed by atoms with Crippen molar-refractivity contribution in [2.45, 2.75) is 31.0 Å². The maximum absolute atomic E-state index is 13.2. The molecule has 2 aliphatic heterocycles. The quantitative estimate of drug-likeness (QED) is 0.578. The van der Waals surface area contributed by atoms with Gasteiger partial charge in [-0.3, -0.25) is 4.90 Å². The van der Waals surface area contributed by atoms with Crippen LogP contribution >= 0.6 is 0 Å². The summed E-state index contributed by atoms with van der Waals surface area (Å²) in [4.78, 5) is 16.4. The van der Waals surface area contributed by atoms with E-state index in [2.05, 4.69) is 30.9 Å². The molecule has 0 amide bonds. The van der Waals surface area contributed by atoms with Crippen molar-refractivity contribution >= 4 is 23.1 Å². The van der Waals surface area contributed by atoms with E-state index >= 15 is 0 Å². The smallest absolute Gasteiger partial charge is 0.381 e. The number of ether oxygens (including phenoxy) is 1. The molecule has 1 unspecified atom stereocenters. The summed E-state index contributed by atoms with van der Waals surface area (Å²) in [6.45, 7) is 3.55. The van der Waals surface area contributed by atoms with Crippen molar-refractivity contribution in [2.24, 2.45) is 16.8 Å². The summed E-state index contributed by atoms with van der Waals surface area (Å²) < 4.78 is 45.4. The molecule has 2 saturated heterocycles. The SMILES string of the molecule is N#Cc1ccc2c(c1)CC[C@H](N1C[C@H]3COC[C@H]3C1)C2/C=N/c1[nH+]cnc2[nH]c(C(F)(F)F)cc12. The minimum atomic E-state index is -4.49. The van der Waals surface area contributed by atoms with Gasteiger partial charge >= 0.3 is 6.18 Å². The number of fused-ring (bicyclic) bond motifs is 3. The van der Waals surface area contributed by atoms with Gasteiger partial charge < -0.3 is 9.72 Å².